The van der Waals surface area contributed by atoms with Gasteiger partial charge in [-0.05, 0) is 41.4 Å². The van der Waals surface area contributed by atoms with Crippen molar-refractivity contribution in [3.8, 4) is 0 Å². The van der Waals surface area contributed by atoms with Crippen LogP contribution in [0, 0.1) is 23.0 Å². The van der Waals surface area contributed by atoms with Gasteiger partial charge in [-0.15, -0.1) is 0 Å². The van der Waals surface area contributed by atoms with Crippen molar-refractivity contribution in [1.29, 1.82) is 0 Å². The Morgan fingerprint density at radius 2 is 1.81 bits per heavy atom. The first kappa shape index (κ1) is 18.1. The van der Waals surface area contributed by atoms with E-state index in [4.69, 9.17) is 0 Å². The Hall–Kier alpha value is -2.69. The van der Waals surface area contributed by atoms with E-state index >= 15 is 0 Å². The SMILES string of the molecule is Cc1ccc([N+](=O)[O-])cc1NC(=O)[C@H]1C[C@@H]1c1ccc(C(C)(C)C)cc1. The van der Waals surface area contributed by atoms with Crippen LogP contribution in [-0.4, -0.2) is 10.8 Å². The Kier molecular flexibility index (Phi) is 4.57. The third kappa shape index (κ3) is 3.77. The summed E-state index contributed by atoms with van der Waals surface area (Å²) in [4.78, 5) is 23.0. The maximum absolute atomic E-state index is 12.5. The van der Waals surface area contributed by atoms with E-state index in [-0.39, 0.29) is 28.8 Å². The number of non-ortho nitro benzene ring substituents is 1. The largest absolute Gasteiger partial charge is 0.325 e. The van der Waals surface area contributed by atoms with Crippen LogP contribution in [0.2, 0.25) is 0 Å². The van der Waals surface area contributed by atoms with E-state index in [0.717, 1.165) is 12.0 Å². The first-order valence-electron chi connectivity index (χ1n) is 8.83. The molecule has 5 heteroatoms. The van der Waals surface area contributed by atoms with Gasteiger partial charge in [-0.2, -0.15) is 0 Å². The highest BCUT2D eigenvalue weighted by molar-refractivity contribution is 5.96. The molecule has 0 heterocycles. The minimum atomic E-state index is -0.453. The number of nitro groups is 1. The van der Waals surface area contributed by atoms with Crippen molar-refractivity contribution < 1.29 is 9.72 Å². The Morgan fingerprint density at radius 3 is 2.38 bits per heavy atom. The lowest BCUT2D eigenvalue weighted by atomic mass is 9.86. The molecule has 5 nitrogen and oxygen atoms in total. The van der Waals surface area contributed by atoms with E-state index < -0.39 is 4.92 Å². The third-order valence-corrected chi connectivity index (χ3v) is 5.02. The van der Waals surface area contributed by atoms with Gasteiger partial charge in [-0.1, -0.05) is 51.1 Å². The lowest BCUT2D eigenvalue weighted by Gasteiger charge is -2.19. The van der Waals surface area contributed by atoms with Crippen LogP contribution in [0.4, 0.5) is 11.4 Å². The molecule has 0 spiro atoms. The number of rotatable bonds is 4. The summed E-state index contributed by atoms with van der Waals surface area (Å²) in [5.41, 5.74) is 3.87. The van der Waals surface area contributed by atoms with Crippen molar-refractivity contribution in [1.82, 2.24) is 0 Å². The molecule has 1 amide bonds. The minimum absolute atomic E-state index is 0.0176. The zero-order valence-corrected chi connectivity index (χ0v) is 15.6. The molecule has 1 saturated carbocycles. The van der Waals surface area contributed by atoms with Crippen LogP contribution in [0.15, 0.2) is 42.5 Å². The van der Waals surface area contributed by atoms with Gasteiger partial charge in [0.1, 0.15) is 0 Å². The van der Waals surface area contributed by atoms with Gasteiger partial charge in [0.25, 0.3) is 5.69 Å². The van der Waals surface area contributed by atoms with Crippen LogP contribution in [0.3, 0.4) is 0 Å². The van der Waals surface area contributed by atoms with E-state index in [0.29, 0.717) is 5.69 Å². The van der Waals surface area contributed by atoms with Gasteiger partial charge in [0, 0.05) is 18.1 Å². The minimum Gasteiger partial charge on any atom is -0.325 e. The molecule has 26 heavy (non-hydrogen) atoms. The second-order valence-electron chi connectivity index (χ2n) is 8.07. The van der Waals surface area contributed by atoms with Crippen LogP contribution in [0.1, 0.15) is 49.8 Å². The van der Waals surface area contributed by atoms with Gasteiger partial charge in [-0.3, -0.25) is 14.9 Å². The summed E-state index contributed by atoms with van der Waals surface area (Å²) in [6.07, 6.45) is 0.814. The van der Waals surface area contributed by atoms with Gasteiger partial charge in [0.15, 0.2) is 0 Å². The fourth-order valence-corrected chi connectivity index (χ4v) is 3.17. The highest BCUT2D eigenvalue weighted by atomic mass is 16.6. The van der Waals surface area contributed by atoms with Crippen molar-refractivity contribution in [2.45, 2.75) is 45.4 Å². The summed E-state index contributed by atoms with van der Waals surface area (Å²) < 4.78 is 0. The highest BCUT2D eigenvalue weighted by Gasteiger charge is 2.44. The Labute approximate surface area is 153 Å². The fourth-order valence-electron chi connectivity index (χ4n) is 3.17. The first-order chi connectivity index (χ1) is 12.2. The van der Waals surface area contributed by atoms with Gasteiger partial charge in [0.2, 0.25) is 5.91 Å². The molecule has 0 unspecified atom stereocenters. The lowest BCUT2D eigenvalue weighted by Crippen LogP contribution is -2.15. The quantitative estimate of drug-likeness (QED) is 0.625. The van der Waals surface area contributed by atoms with Crippen molar-refractivity contribution in [2.75, 3.05) is 5.32 Å². The molecule has 0 aromatic heterocycles. The van der Waals surface area contributed by atoms with Crippen molar-refractivity contribution in [2.24, 2.45) is 5.92 Å². The molecule has 3 rings (SSSR count). The van der Waals surface area contributed by atoms with Gasteiger partial charge < -0.3 is 5.32 Å². The summed E-state index contributed by atoms with van der Waals surface area (Å²) in [7, 11) is 0. The van der Waals surface area contributed by atoms with Gasteiger partial charge in [-0.25, -0.2) is 0 Å². The highest BCUT2D eigenvalue weighted by Crippen LogP contribution is 2.48. The third-order valence-electron chi connectivity index (χ3n) is 5.02. The number of benzene rings is 2. The monoisotopic (exact) mass is 352 g/mol. The molecule has 2 aromatic rings. The zero-order valence-electron chi connectivity index (χ0n) is 15.6. The summed E-state index contributed by atoms with van der Waals surface area (Å²) in [6, 6.07) is 13.0. The molecule has 0 bridgehead atoms. The summed E-state index contributed by atoms with van der Waals surface area (Å²) in [5.74, 6) is 0.0793. The second-order valence-corrected chi connectivity index (χ2v) is 8.07. The maximum atomic E-state index is 12.5. The van der Waals surface area contributed by atoms with Crippen LogP contribution in [0.25, 0.3) is 0 Å². The van der Waals surface area contributed by atoms with Crippen LogP contribution in [0.5, 0.6) is 0 Å². The van der Waals surface area contributed by atoms with Crippen LogP contribution >= 0.6 is 0 Å². The average Bonchev–Trinajstić information content (AvgIpc) is 3.36. The number of hydrogen-bond acceptors (Lipinski definition) is 3. The summed E-state index contributed by atoms with van der Waals surface area (Å²) >= 11 is 0. The number of amides is 1. The predicted octanol–water partition coefficient (Wildman–Crippen LogP) is 4.94. The molecule has 0 aliphatic heterocycles. The van der Waals surface area contributed by atoms with E-state index in [9.17, 15) is 14.9 Å². The molecule has 1 N–H and O–H groups in total. The molecule has 1 aliphatic carbocycles. The van der Waals surface area contributed by atoms with E-state index in [1.807, 2.05) is 6.92 Å². The zero-order chi connectivity index (χ0) is 19.1. The average molecular weight is 352 g/mol. The molecule has 0 saturated heterocycles. The molecule has 136 valence electrons. The smallest absolute Gasteiger partial charge is 0.271 e. The molecule has 2 atom stereocenters. The van der Waals surface area contributed by atoms with E-state index in [1.54, 1.807) is 6.07 Å². The number of anilines is 1. The molecule has 0 radical (unpaired) electrons. The number of carbonyl (C=O) groups is 1. The van der Waals surface area contributed by atoms with Crippen molar-refractivity contribution in [3.63, 3.8) is 0 Å². The summed E-state index contributed by atoms with van der Waals surface area (Å²) in [6.45, 7) is 8.36. The van der Waals surface area contributed by atoms with E-state index in [2.05, 4.69) is 50.4 Å². The van der Waals surface area contributed by atoms with E-state index in [1.165, 1.54) is 23.3 Å². The Morgan fingerprint density at radius 1 is 1.15 bits per heavy atom. The lowest BCUT2D eigenvalue weighted by molar-refractivity contribution is -0.384. The predicted molar refractivity (Wildman–Crippen MR) is 102 cm³/mol. The molecular weight excluding hydrogens is 328 g/mol. The maximum Gasteiger partial charge on any atom is 0.271 e. The summed E-state index contributed by atoms with van der Waals surface area (Å²) in [5, 5.41) is 13.8. The fraction of sp³-hybridized carbons (Fsp3) is 0.381. The Bertz CT molecular complexity index is 851. The second kappa shape index (κ2) is 6.56. The number of hydrogen-bond donors (Lipinski definition) is 1. The number of aryl methyl sites for hydroxylation is 1. The van der Waals surface area contributed by atoms with Crippen LogP contribution < -0.4 is 5.32 Å². The van der Waals surface area contributed by atoms with Crippen molar-refractivity contribution >= 4 is 17.3 Å². The molecular formula is C21H24N2O3. The molecule has 1 aliphatic rings. The molecule has 2 aromatic carbocycles. The molecule has 1 fully saturated rings. The van der Waals surface area contributed by atoms with Crippen LogP contribution in [-0.2, 0) is 10.2 Å². The normalized spacial score (nSPS) is 19.1. The van der Waals surface area contributed by atoms with Crippen molar-refractivity contribution in [3.05, 3.63) is 69.3 Å². The number of carbonyl (C=O) groups excluding carboxylic acids is 1. The van der Waals surface area contributed by atoms with Gasteiger partial charge in [0.05, 0.1) is 10.6 Å². The topological polar surface area (TPSA) is 72.2 Å². The number of nitrogens with zero attached hydrogens (tertiary/aromatic N) is 1. The van der Waals surface area contributed by atoms with Gasteiger partial charge >= 0.3 is 0 Å². The Balaban J connectivity index is 1.68. The number of nitro benzene ring substituents is 1. The number of nitrogens with one attached hydrogen (secondary N) is 1. The standard InChI is InChI=1S/C21H24N2O3/c1-13-5-10-16(23(25)26)11-19(13)22-20(24)18-12-17(18)14-6-8-15(9-7-14)21(2,3)4/h5-11,17-18H,12H2,1-4H3,(H,22,24)/t17-,18+/m1/s1. The first-order valence-corrected chi connectivity index (χ1v) is 8.83.